The van der Waals surface area contributed by atoms with Gasteiger partial charge < -0.3 is 35.5 Å². The van der Waals surface area contributed by atoms with Crippen molar-refractivity contribution in [3.8, 4) is 11.5 Å². The van der Waals surface area contributed by atoms with Gasteiger partial charge in [-0.3, -0.25) is 9.59 Å². The van der Waals surface area contributed by atoms with Crippen LogP contribution in [0, 0.1) is 6.92 Å². The summed E-state index contributed by atoms with van der Waals surface area (Å²) >= 11 is 0. The molecule has 0 aliphatic rings. The number of ether oxygens (including phenoxy) is 3. The first-order valence-electron chi connectivity index (χ1n) is 17.0. The first kappa shape index (κ1) is 42.5. The van der Waals surface area contributed by atoms with Crippen molar-refractivity contribution in [2.24, 2.45) is 5.73 Å². The molecule has 10 heteroatoms. The lowest BCUT2D eigenvalue weighted by Crippen LogP contribution is -2.43. The highest BCUT2D eigenvalue weighted by molar-refractivity contribution is 5.92. The van der Waals surface area contributed by atoms with Gasteiger partial charge in [0.1, 0.15) is 24.7 Å². The number of urea groups is 1. The van der Waals surface area contributed by atoms with Gasteiger partial charge in [0.2, 0.25) is 5.91 Å². The van der Waals surface area contributed by atoms with E-state index in [0.29, 0.717) is 39.1 Å². The van der Waals surface area contributed by atoms with Crippen LogP contribution in [0.3, 0.4) is 0 Å². The molecule has 0 aliphatic carbocycles. The highest BCUT2D eigenvalue weighted by Crippen LogP contribution is 2.26. The van der Waals surface area contributed by atoms with E-state index in [1.165, 1.54) is 0 Å². The summed E-state index contributed by atoms with van der Waals surface area (Å²) in [4.78, 5) is 34.5. The molecular formula is C39H58N4O6. The number of hydrogen-bond acceptors (Lipinski definition) is 7. The number of nitrogens with one attached hydrogen (secondary N) is 2. The normalized spacial score (nSPS) is 10.4. The fraction of sp³-hybridized carbons (Fsp3) is 0.462. The zero-order valence-electron chi connectivity index (χ0n) is 30.6. The molecule has 0 aliphatic heterocycles. The molecule has 4 N–H and O–H groups in total. The number of carbonyl (C=O) groups is 3. The summed E-state index contributed by atoms with van der Waals surface area (Å²) in [7, 11) is 0. The van der Waals surface area contributed by atoms with E-state index in [0.717, 1.165) is 66.4 Å². The van der Waals surface area contributed by atoms with Crippen molar-refractivity contribution < 1.29 is 28.6 Å². The second kappa shape index (κ2) is 24.6. The zero-order valence-corrected chi connectivity index (χ0v) is 30.6. The van der Waals surface area contributed by atoms with Crippen LogP contribution in [0.15, 0.2) is 72.8 Å². The third-order valence-corrected chi connectivity index (χ3v) is 6.97. The number of benzene rings is 3. The van der Waals surface area contributed by atoms with Crippen molar-refractivity contribution in [3.63, 3.8) is 0 Å². The lowest BCUT2D eigenvalue weighted by atomic mass is 10.1. The second-order valence-electron chi connectivity index (χ2n) is 12.4. The summed E-state index contributed by atoms with van der Waals surface area (Å²) in [6, 6.07) is 23.4. The number of nitrogens with zero attached hydrogens (tertiary/aromatic N) is 1. The fourth-order valence-corrected chi connectivity index (χ4v) is 4.28. The minimum Gasteiger partial charge on any atom is -0.491 e. The van der Waals surface area contributed by atoms with Crippen LogP contribution in [-0.4, -0.2) is 61.7 Å². The molecule has 0 spiro atoms. The molecule has 0 radical (unpaired) electrons. The minimum absolute atomic E-state index is 0.0198. The van der Waals surface area contributed by atoms with E-state index in [4.69, 9.17) is 15.2 Å². The maximum atomic E-state index is 12.5. The lowest BCUT2D eigenvalue weighted by Gasteiger charge is -2.17. The van der Waals surface area contributed by atoms with Gasteiger partial charge in [-0.2, -0.15) is 0 Å². The van der Waals surface area contributed by atoms with Crippen molar-refractivity contribution in [1.29, 1.82) is 0 Å². The highest BCUT2D eigenvalue weighted by atomic mass is 16.5. The van der Waals surface area contributed by atoms with Crippen LogP contribution in [0.5, 0.6) is 11.5 Å². The minimum atomic E-state index is -0.475. The van der Waals surface area contributed by atoms with Crippen molar-refractivity contribution in [2.45, 2.75) is 86.3 Å². The molecule has 3 rings (SSSR count). The molecule has 0 atom stereocenters. The first-order valence-corrected chi connectivity index (χ1v) is 17.0. The molecule has 0 aromatic heterocycles. The largest absolute Gasteiger partial charge is 0.491 e. The van der Waals surface area contributed by atoms with E-state index in [9.17, 15) is 14.4 Å². The highest BCUT2D eigenvalue weighted by Gasteiger charge is 2.10. The number of nitrogens with two attached hydrogens (primary N) is 1. The van der Waals surface area contributed by atoms with Crippen LogP contribution in [0.2, 0.25) is 0 Å². The molecule has 3 aromatic rings. The smallest absolute Gasteiger partial charge is 0.312 e. The van der Waals surface area contributed by atoms with Crippen molar-refractivity contribution in [3.05, 3.63) is 89.5 Å². The number of primary amides is 1. The predicted octanol–water partition coefficient (Wildman–Crippen LogP) is 7.28. The van der Waals surface area contributed by atoms with Crippen LogP contribution < -0.4 is 25.8 Å². The summed E-state index contributed by atoms with van der Waals surface area (Å²) in [5.74, 6) is 1.54. The van der Waals surface area contributed by atoms with Gasteiger partial charge in [0.25, 0.3) is 6.47 Å². The Labute approximate surface area is 293 Å². The van der Waals surface area contributed by atoms with Gasteiger partial charge in [0.15, 0.2) is 0 Å². The molecule has 10 nitrogen and oxygen atoms in total. The Morgan fingerprint density at radius 2 is 1.55 bits per heavy atom. The topological polar surface area (TPSA) is 132 Å². The average molecular weight is 679 g/mol. The molecule has 0 saturated carbocycles. The summed E-state index contributed by atoms with van der Waals surface area (Å²) in [6.07, 6.45) is 3.14. The Morgan fingerprint density at radius 1 is 0.878 bits per heavy atom. The maximum absolute atomic E-state index is 12.5. The van der Waals surface area contributed by atoms with Gasteiger partial charge in [-0.25, -0.2) is 4.79 Å². The van der Waals surface area contributed by atoms with Crippen molar-refractivity contribution in [1.82, 2.24) is 10.2 Å². The van der Waals surface area contributed by atoms with E-state index in [1.54, 1.807) is 0 Å². The number of unbranched alkanes of at least 4 members (excludes halogenated alkanes) is 1. The van der Waals surface area contributed by atoms with Gasteiger partial charge in [-0.1, -0.05) is 75.7 Å². The van der Waals surface area contributed by atoms with Crippen LogP contribution in [-0.2, 0) is 27.4 Å². The molecule has 0 heterocycles. The van der Waals surface area contributed by atoms with Crippen LogP contribution >= 0.6 is 0 Å². The molecule has 0 saturated heterocycles. The Balaban J connectivity index is 0.000000548. The van der Waals surface area contributed by atoms with E-state index in [-0.39, 0.29) is 11.4 Å². The van der Waals surface area contributed by atoms with E-state index < -0.39 is 6.03 Å². The van der Waals surface area contributed by atoms with Gasteiger partial charge in [-0.15, -0.1) is 0 Å². The summed E-state index contributed by atoms with van der Waals surface area (Å²) in [5.41, 5.74) is 8.71. The third kappa shape index (κ3) is 21.1. The number of aryl methyl sites for hydroxylation is 2. The van der Waals surface area contributed by atoms with E-state index in [1.807, 2.05) is 100 Å². The lowest BCUT2D eigenvalue weighted by molar-refractivity contribution is -0.129. The first-order chi connectivity index (χ1) is 23.4. The van der Waals surface area contributed by atoms with E-state index >= 15 is 0 Å². The Bertz CT molecular complexity index is 1340. The van der Waals surface area contributed by atoms with Gasteiger partial charge >= 0.3 is 6.03 Å². The Morgan fingerprint density at radius 3 is 2.10 bits per heavy atom. The van der Waals surface area contributed by atoms with Crippen LogP contribution in [0.25, 0.3) is 0 Å². The Kier molecular flexibility index (Phi) is 21.3. The fourth-order valence-electron chi connectivity index (χ4n) is 4.28. The number of anilines is 1. The Hall–Kier alpha value is -4.57. The van der Waals surface area contributed by atoms with Crippen LogP contribution in [0.1, 0.15) is 77.5 Å². The molecule has 49 heavy (non-hydrogen) atoms. The monoisotopic (exact) mass is 678 g/mol. The van der Waals surface area contributed by atoms with Crippen molar-refractivity contribution in [2.75, 3.05) is 38.2 Å². The number of likely N-dealkylation sites (N-methyl/N-ethyl adjacent to an activating group) is 1. The molecule has 3 amide bonds. The molecule has 0 unspecified atom stereocenters. The maximum Gasteiger partial charge on any atom is 0.312 e. The zero-order chi connectivity index (χ0) is 36.5. The quantitative estimate of drug-likeness (QED) is 0.101. The molecule has 0 fully saturated rings. The average Bonchev–Trinajstić information content (AvgIpc) is 3.06. The van der Waals surface area contributed by atoms with Gasteiger partial charge in [-0.05, 0) is 94.6 Å². The standard InChI is InChI=1S/C27H31NO3.C7H15NO2.C5H12N2O/c1-3-4-18-30-26-19-21(2)10-16-25(26)28-27(29)17-13-22-11-14-24(15-12-22)31-20-23-8-6-5-7-9-23;1-3-8(4-2)5-6-10-7-9;1-5(2,3)7-4(6)8/h5-12,14-16,19H,3-4,13,17-18,20H2,1-2H3,(H,28,29);7H,3-6H2,1-2H3;1-3H3,(H3,6,7,8). The number of amides is 3. The molecule has 270 valence electrons. The molecule has 0 bridgehead atoms. The predicted molar refractivity (Wildman–Crippen MR) is 198 cm³/mol. The summed E-state index contributed by atoms with van der Waals surface area (Å²) in [5, 5.41) is 5.52. The molecule has 3 aromatic carbocycles. The molecular weight excluding hydrogens is 620 g/mol. The van der Waals surface area contributed by atoms with Crippen molar-refractivity contribution >= 4 is 24.1 Å². The van der Waals surface area contributed by atoms with Gasteiger partial charge in [0, 0.05) is 18.5 Å². The van der Waals surface area contributed by atoms with E-state index in [2.05, 4.69) is 41.0 Å². The number of hydrogen-bond donors (Lipinski definition) is 3. The second-order valence-corrected chi connectivity index (χ2v) is 12.4. The summed E-state index contributed by atoms with van der Waals surface area (Å²) < 4.78 is 16.2. The van der Waals surface area contributed by atoms with Gasteiger partial charge in [0.05, 0.1) is 12.3 Å². The number of rotatable bonds is 17. The SMILES string of the molecule is CC(C)(C)NC(N)=O.CCCCOc1cc(C)ccc1NC(=O)CCc1ccc(OCc2ccccc2)cc1.CCN(CC)CCOC=O. The van der Waals surface area contributed by atoms with Crippen LogP contribution in [0.4, 0.5) is 10.5 Å². The third-order valence-electron chi connectivity index (χ3n) is 6.97. The summed E-state index contributed by atoms with van der Waals surface area (Å²) in [6.45, 7) is 19.0. The number of carbonyl (C=O) groups excluding carboxylic acids is 3.